The summed E-state index contributed by atoms with van der Waals surface area (Å²) in [4.78, 5) is 16.4. The highest BCUT2D eigenvalue weighted by Crippen LogP contribution is 2.28. The molecule has 2 heterocycles. The van der Waals surface area contributed by atoms with Crippen LogP contribution in [-0.2, 0) is 11.8 Å². The molecule has 0 aliphatic heterocycles. The zero-order valence-electron chi connectivity index (χ0n) is 14.0. The molecule has 134 valence electrons. The van der Waals surface area contributed by atoms with Crippen LogP contribution in [0.5, 0.6) is 0 Å². The normalized spacial score (nSPS) is 12.0. The number of pyridine rings is 1. The zero-order chi connectivity index (χ0) is 18.7. The van der Waals surface area contributed by atoms with Gasteiger partial charge in [0.2, 0.25) is 5.91 Å². The molecular formula is C17H15Cl2N5OS. The number of anilines is 1. The predicted molar refractivity (Wildman–Crippen MR) is 105 cm³/mol. The standard InChI is InChI=1S/C17H15Cl2N5OS/c1-10(16(25)21-14-4-3-12(18)9-13(14)19)26-17-23-22-15(24(17)2)11-5-7-20-8-6-11/h3-10H,1-2H3,(H,21,25)/t10-/m0/s1. The van der Waals surface area contributed by atoms with E-state index in [0.717, 1.165) is 5.56 Å². The van der Waals surface area contributed by atoms with Crippen molar-refractivity contribution in [1.82, 2.24) is 19.7 Å². The molecule has 9 heteroatoms. The van der Waals surface area contributed by atoms with Crippen molar-refractivity contribution in [2.75, 3.05) is 5.32 Å². The Labute approximate surface area is 164 Å². The number of thioether (sulfide) groups is 1. The number of hydrogen-bond donors (Lipinski definition) is 1. The fourth-order valence-electron chi connectivity index (χ4n) is 2.21. The smallest absolute Gasteiger partial charge is 0.237 e. The van der Waals surface area contributed by atoms with Gasteiger partial charge in [0.1, 0.15) is 0 Å². The largest absolute Gasteiger partial charge is 0.324 e. The van der Waals surface area contributed by atoms with Crippen LogP contribution >= 0.6 is 35.0 Å². The molecule has 0 unspecified atom stereocenters. The number of nitrogens with zero attached hydrogens (tertiary/aromatic N) is 4. The molecule has 0 fully saturated rings. The van der Waals surface area contributed by atoms with Gasteiger partial charge in [-0.15, -0.1) is 10.2 Å². The zero-order valence-corrected chi connectivity index (χ0v) is 16.3. The number of rotatable bonds is 5. The Balaban J connectivity index is 1.71. The summed E-state index contributed by atoms with van der Waals surface area (Å²) in [7, 11) is 1.86. The van der Waals surface area contributed by atoms with Crippen molar-refractivity contribution >= 4 is 46.6 Å². The second kappa shape index (κ2) is 8.07. The van der Waals surface area contributed by atoms with Crippen LogP contribution in [0, 0.1) is 0 Å². The van der Waals surface area contributed by atoms with Crippen LogP contribution in [-0.4, -0.2) is 30.9 Å². The van der Waals surface area contributed by atoms with Crippen LogP contribution in [0.15, 0.2) is 47.9 Å². The molecular weight excluding hydrogens is 393 g/mol. The first-order valence-electron chi connectivity index (χ1n) is 7.68. The summed E-state index contributed by atoms with van der Waals surface area (Å²) in [5.41, 5.74) is 1.43. The summed E-state index contributed by atoms with van der Waals surface area (Å²) in [6, 6.07) is 8.64. The first-order valence-corrected chi connectivity index (χ1v) is 9.31. The van der Waals surface area contributed by atoms with Gasteiger partial charge in [0.15, 0.2) is 11.0 Å². The minimum Gasteiger partial charge on any atom is -0.324 e. The molecule has 0 saturated carbocycles. The average molecular weight is 408 g/mol. The van der Waals surface area contributed by atoms with Gasteiger partial charge in [-0.25, -0.2) is 0 Å². The van der Waals surface area contributed by atoms with Gasteiger partial charge in [-0.05, 0) is 37.3 Å². The molecule has 1 N–H and O–H groups in total. The topological polar surface area (TPSA) is 72.7 Å². The van der Waals surface area contributed by atoms with Gasteiger partial charge in [-0.2, -0.15) is 0 Å². The SMILES string of the molecule is C[C@H](Sc1nnc(-c2ccncc2)n1C)C(=O)Nc1ccc(Cl)cc1Cl. The molecule has 3 rings (SSSR count). The molecule has 1 atom stereocenters. The molecule has 0 saturated heterocycles. The monoisotopic (exact) mass is 407 g/mol. The summed E-state index contributed by atoms with van der Waals surface area (Å²) in [5.74, 6) is 0.524. The molecule has 1 aromatic carbocycles. The Hall–Kier alpha value is -2.09. The van der Waals surface area contributed by atoms with Gasteiger partial charge < -0.3 is 9.88 Å². The highest BCUT2D eigenvalue weighted by Gasteiger charge is 2.20. The fourth-order valence-corrected chi connectivity index (χ4v) is 3.48. The van der Waals surface area contributed by atoms with Crippen LogP contribution in [0.25, 0.3) is 11.4 Å². The summed E-state index contributed by atoms with van der Waals surface area (Å²) in [6.45, 7) is 1.80. The van der Waals surface area contributed by atoms with Crippen molar-refractivity contribution in [2.45, 2.75) is 17.3 Å². The summed E-state index contributed by atoms with van der Waals surface area (Å²) < 4.78 is 1.85. The van der Waals surface area contributed by atoms with Crippen LogP contribution in [0.4, 0.5) is 5.69 Å². The Morgan fingerprint density at radius 1 is 1.19 bits per heavy atom. The van der Waals surface area contributed by atoms with E-state index in [1.807, 2.05) is 23.7 Å². The summed E-state index contributed by atoms with van der Waals surface area (Å²) >= 11 is 13.3. The van der Waals surface area contributed by atoms with E-state index >= 15 is 0 Å². The van der Waals surface area contributed by atoms with E-state index in [-0.39, 0.29) is 5.91 Å². The third kappa shape index (κ3) is 4.17. The second-order valence-electron chi connectivity index (χ2n) is 5.47. The van der Waals surface area contributed by atoms with Crippen molar-refractivity contribution in [3.05, 3.63) is 52.8 Å². The highest BCUT2D eigenvalue weighted by molar-refractivity contribution is 8.00. The number of aromatic nitrogens is 4. The first kappa shape index (κ1) is 18.7. The van der Waals surface area contributed by atoms with Crippen LogP contribution in [0.2, 0.25) is 10.0 Å². The van der Waals surface area contributed by atoms with E-state index < -0.39 is 5.25 Å². The Morgan fingerprint density at radius 3 is 2.62 bits per heavy atom. The number of halogens is 2. The predicted octanol–water partition coefficient (Wildman–Crippen LogP) is 4.30. The molecule has 2 aromatic heterocycles. The number of hydrogen-bond acceptors (Lipinski definition) is 5. The summed E-state index contributed by atoms with van der Waals surface area (Å²) in [6.07, 6.45) is 3.39. The Bertz CT molecular complexity index is 932. The van der Waals surface area contributed by atoms with Crippen molar-refractivity contribution in [2.24, 2.45) is 7.05 Å². The molecule has 26 heavy (non-hydrogen) atoms. The number of carbonyl (C=O) groups excluding carboxylic acids is 1. The van der Waals surface area contributed by atoms with E-state index in [1.54, 1.807) is 37.5 Å². The van der Waals surface area contributed by atoms with Gasteiger partial charge >= 0.3 is 0 Å². The maximum Gasteiger partial charge on any atom is 0.237 e. The lowest BCUT2D eigenvalue weighted by atomic mass is 10.2. The summed E-state index contributed by atoms with van der Waals surface area (Å²) in [5, 5.41) is 12.3. The van der Waals surface area contributed by atoms with Crippen molar-refractivity contribution in [1.29, 1.82) is 0 Å². The Morgan fingerprint density at radius 2 is 1.92 bits per heavy atom. The molecule has 0 spiro atoms. The van der Waals surface area contributed by atoms with E-state index in [1.165, 1.54) is 11.8 Å². The molecule has 0 aliphatic carbocycles. The van der Waals surface area contributed by atoms with Gasteiger partial charge in [0, 0.05) is 30.0 Å². The lowest BCUT2D eigenvalue weighted by molar-refractivity contribution is -0.115. The fraction of sp³-hybridized carbons (Fsp3) is 0.176. The van der Waals surface area contributed by atoms with Crippen molar-refractivity contribution in [3.8, 4) is 11.4 Å². The van der Waals surface area contributed by atoms with Gasteiger partial charge in [-0.3, -0.25) is 9.78 Å². The first-order chi connectivity index (χ1) is 12.5. The minimum atomic E-state index is -0.394. The van der Waals surface area contributed by atoms with Crippen molar-refractivity contribution < 1.29 is 4.79 Å². The number of benzene rings is 1. The van der Waals surface area contributed by atoms with Gasteiger partial charge in [-0.1, -0.05) is 35.0 Å². The molecule has 0 aliphatic rings. The molecule has 3 aromatic rings. The number of amides is 1. The lowest BCUT2D eigenvalue weighted by Crippen LogP contribution is -2.23. The lowest BCUT2D eigenvalue weighted by Gasteiger charge is -2.12. The van der Waals surface area contributed by atoms with E-state index in [2.05, 4.69) is 20.5 Å². The molecule has 0 radical (unpaired) electrons. The molecule has 0 bridgehead atoms. The van der Waals surface area contributed by atoms with E-state index in [9.17, 15) is 4.79 Å². The van der Waals surface area contributed by atoms with Crippen LogP contribution in [0.1, 0.15) is 6.92 Å². The third-order valence-electron chi connectivity index (χ3n) is 3.61. The quantitative estimate of drug-likeness (QED) is 0.638. The maximum atomic E-state index is 12.5. The van der Waals surface area contributed by atoms with Crippen LogP contribution < -0.4 is 5.32 Å². The molecule has 1 amide bonds. The van der Waals surface area contributed by atoms with Crippen LogP contribution in [0.3, 0.4) is 0 Å². The molecule has 6 nitrogen and oxygen atoms in total. The van der Waals surface area contributed by atoms with Crippen molar-refractivity contribution in [3.63, 3.8) is 0 Å². The number of nitrogens with one attached hydrogen (secondary N) is 1. The highest BCUT2D eigenvalue weighted by atomic mass is 35.5. The maximum absolute atomic E-state index is 12.5. The third-order valence-corrected chi connectivity index (χ3v) is 5.30. The van der Waals surface area contributed by atoms with E-state index in [4.69, 9.17) is 23.2 Å². The Kier molecular flexibility index (Phi) is 5.80. The van der Waals surface area contributed by atoms with Gasteiger partial charge in [0.25, 0.3) is 0 Å². The second-order valence-corrected chi connectivity index (χ2v) is 7.63. The average Bonchev–Trinajstić information content (AvgIpc) is 2.98. The van der Waals surface area contributed by atoms with Gasteiger partial charge in [0.05, 0.1) is 16.0 Å². The number of carbonyl (C=O) groups is 1. The minimum absolute atomic E-state index is 0.187. The van der Waals surface area contributed by atoms with E-state index in [0.29, 0.717) is 26.7 Å².